The molecule has 0 atom stereocenters. The zero-order chi connectivity index (χ0) is 15.2. The van der Waals surface area contributed by atoms with Crippen LogP contribution >= 0.6 is 0 Å². The number of aliphatic carboxylic acids is 1. The minimum Gasteiger partial charge on any atom is -0.480 e. The van der Waals surface area contributed by atoms with Gasteiger partial charge in [-0.1, -0.05) is 20.8 Å². The van der Waals surface area contributed by atoms with Gasteiger partial charge in [0.2, 0.25) is 0 Å². The van der Waals surface area contributed by atoms with E-state index in [0.717, 1.165) is 25.7 Å². The SMILES string of the molecule is CC(C)CCCNC(=O)NC1(C(=O)O)CCC(C)CC1. The Morgan fingerprint density at radius 1 is 1.30 bits per heavy atom. The highest BCUT2D eigenvalue weighted by Crippen LogP contribution is 2.32. The van der Waals surface area contributed by atoms with Crippen molar-refractivity contribution in [2.24, 2.45) is 11.8 Å². The summed E-state index contributed by atoms with van der Waals surface area (Å²) in [5, 5.41) is 14.9. The number of urea groups is 1. The monoisotopic (exact) mass is 284 g/mol. The first-order valence-electron chi connectivity index (χ1n) is 7.65. The number of hydrogen-bond acceptors (Lipinski definition) is 2. The number of carboxylic acids is 1. The van der Waals surface area contributed by atoms with E-state index in [0.29, 0.717) is 31.2 Å². The Labute approximate surface area is 121 Å². The first kappa shape index (κ1) is 16.8. The first-order chi connectivity index (χ1) is 9.35. The molecule has 0 heterocycles. The Morgan fingerprint density at radius 3 is 2.40 bits per heavy atom. The Hall–Kier alpha value is -1.26. The summed E-state index contributed by atoms with van der Waals surface area (Å²) in [7, 11) is 0. The van der Waals surface area contributed by atoms with Gasteiger partial charge in [-0.25, -0.2) is 9.59 Å². The number of carbonyl (C=O) groups is 2. The average molecular weight is 284 g/mol. The van der Waals surface area contributed by atoms with Gasteiger partial charge < -0.3 is 15.7 Å². The number of nitrogens with one attached hydrogen (secondary N) is 2. The van der Waals surface area contributed by atoms with Crippen LogP contribution in [0.1, 0.15) is 59.3 Å². The zero-order valence-electron chi connectivity index (χ0n) is 12.9. The highest BCUT2D eigenvalue weighted by atomic mass is 16.4. The van der Waals surface area contributed by atoms with Crippen LogP contribution in [0.4, 0.5) is 4.79 Å². The molecule has 0 aromatic rings. The molecule has 1 aliphatic carbocycles. The normalized spacial score (nSPS) is 26.3. The maximum absolute atomic E-state index is 11.9. The summed E-state index contributed by atoms with van der Waals surface area (Å²) < 4.78 is 0. The molecule has 5 heteroatoms. The molecule has 1 fully saturated rings. The molecule has 1 rings (SSSR count). The second-order valence-corrected chi connectivity index (χ2v) is 6.49. The molecule has 0 aromatic carbocycles. The van der Waals surface area contributed by atoms with Crippen LogP contribution in [0.3, 0.4) is 0 Å². The fourth-order valence-electron chi connectivity index (χ4n) is 2.62. The summed E-state index contributed by atoms with van der Waals surface area (Å²) in [5.74, 6) is 0.241. The highest BCUT2D eigenvalue weighted by Gasteiger charge is 2.42. The Morgan fingerprint density at radius 2 is 1.90 bits per heavy atom. The summed E-state index contributed by atoms with van der Waals surface area (Å²) in [6.45, 7) is 7.00. The third kappa shape index (κ3) is 5.02. The van der Waals surface area contributed by atoms with Crippen LogP contribution < -0.4 is 10.6 Å². The number of amides is 2. The van der Waals surface area contributed by atoms with E-state index >= 15 is 0 Å². The largest absolute Gasteiger partial charge is 0.480 e. The molecular weight excluding hydrogens is 256 g/mol. The summed E-state index contributed by atoms with van der Waals surface area (Å²) >= 11 is 0. The standard InChI is InChI=1S/C15H28N2O3/c1-11(2)5-4-10-16-14(20)17-15(13(18)19)8-6-12(3)7-9-15/h11-12H,4-10H2,1-3H3,(H,18,19)(H2,16,17,20). The predicted octanol–water partition coefficient (Wildman–Crippen LogP) is 2.76. The lowest BCUT2D eigenvalue weighted by atomic mass is 9.77. The second kappa shape index (κ2) is 7.50. The van der Waals surface area contributed by atoms with Crippen LogP contribution in [0.5, 0.6) is 0 Å². The molecule has 1 aliphatic rings. The maximum Gasteiger partial charge on any atom is 0.329 e. The molecule has 5 nitrogen and oxygen atoms in total. The van der Waals surface area contributed by atoms with E-state index in [9.17, 15) is 14.7 Å². The first-order valence-corrected chi connectivity index (χ1v) is 7.65. The molecule has 3 N–H and O–H groups in total. The molecule has 0 unspecified atom stereocenters. The average Bonchev–Trinajstić information content (AvgIpc) is 2.37. The molecule has 116 valence electrons. The number of carboxylic acid groups (broad SMARTS) is 1. The Bertz CT molecular complexity index is 334. The third-order valence-corrected chi connectivity index (χ3v) is 4.13. The summed E-state index contributed by atoms with van der Waals surface area (Å²) in [5.41, 5.74) is -1.07. The van der Waals surface area contributed by atoms with E-state index in [1.165, 1.54) is 0 Å². The second-order valence-electron chi connectivity index (χ2n) is 6.49. The van der Waals surface area contributed by atoms with Gasteiger partial charge in [0.15, 0.2) is 0 Å². The summed E-state index contributed by atoms with van der Waals surface area (Å²) in [6, 6.07) is -0.356. The van der Waals surface area contributed by atoms with E-state index < -0.39 is 11.5 Å². The molecule has 0 aromatic heterocycles. The van der Waals surface area contributed by atoms with Gasteiger partial charge in [-0.3, -0.25) is 0 Å². The van der Waals surface area contributed by atoms with Gasteiger partial charge in [0.1, 0.15) is 5.54 Å². The van der Waals surface area contributed by atoms with Gasteiger partial charge in [-0.05, 0) is 50.4 Å². The summed E-state index contributed by atoms with van der Waals surface area (Å²) in [6.07, 6.45) is 4.70. The fourth-order valence-corrected chi connectivity index (χ4v) is 2.62. The van der Waals surface area contributed by atoms with Crippen LogP contribution in [0.25, 0.3) is 0 Å². The van der Waals surface area contributed by atoms with Crippen molar-refractivity contribution in [3.63, 3.8) is 0 Å². The third-order valence-electron chi connectivity index (χ3n) is 4.13. The van der Waals surface area contributed by atoms with Gasteiger partial charge >= 0.3 is 12.0 Å². The van der Waals surface area contributed by atoms with Gasteiger partial charge in [0.25, 0.3) is 0 Å². The minimum absolute atomic E-state index is 0.356. The van der Waals surface area contributed by atoms with E-state index in [1.807, 2.05) is 0 Å². The van der Waals surface area contributed by atoms with Crippen LogP contribution in [0.15, 0.2) is 0 Å². The molecule has 0 aliphatic heterocycles. The van der Waals surface area contributed by atoms with Crippen molar-refractivity contribution in [3.8, 4) is 0 Å². The minimum atomic E-state index is -1.07. The maximum atomic E-state index is 11.9. The molecule has 0 saturated heterocycles. The van der Waals surface area contributed by atoms with Crippen LogP contribution in [-0.4, -0.2) is 29.2 Å². The van der Waals surface area contributed by atoms with Gasteiger partial charge in [0.05, 0.1) is 0 Å². The quantitative estimate of drug-likeness (QED) is 0.656. The molecular formula is C15H28N2O3. The smallest absolute Gasteiger partial charge is 0.329 e. The van der Waals surface area contributed by atoms with E-state index in [-0.39, 0.29) is 6.03 Å². The fraction of sp³-hybridized carbons (Fsp3) is 0.867. The van der Waals surface area contributed by atoms with E-state index in [4.69, 9.17) is 0 Å². The van der Waals surface area contributed by atoms with Gasteiger partial charge in [0, 0.05) is 6.54 Å². The lowest BCUT2D eigenvalue weighted by Gasteiger charge is -2.36. The van der Waals surface area contributed by atoms with Crippen molar-refractivity contribution < 1.29 is 14.7 Å². The molecule has 0 radical (unpaired) electrons. The predicted molar refractivity (Wildman–Crippen MR) is 78.6 cm³/mol. The molecule has 20 heavy (non-hydrogen) atoms. The van der Waals surface area contributed by atoms with Crippen molar-refractivity contribution in [3.05, 3.63) is 0 Å². The molecule has 0 spiro atoms. The van der Waals surface area contributed by atoms with Crippen LogP contribution in [-0.2, 0) is 4.79 Å². The number of rotatable bonds is 6. The van der Waals surface area contributed by atoms with Gasteiger partial charge in [-0.2, -0.15) is 0 Å². The van der Waals surface area contributed by atoms with Crippen LogP contribution in [0.2, 0.25) is 0 Å². The topological polar surface area (TPSA) is 78.4 Å². The van der Waals surface area contributed by atoms with Gasteiger partial charge in [-0.15, -0.1) is 0 Å². The van der Waals surface area contributed by atoms with Crippen molar-refractivity contribution in [1.29, 1.82) is 0 Å². The summed E-state index contributed by atoms with van der Waals surface area (Å²) in [4.78, 5) is 23.4. The van der Waals surface area contributed by atoms with Crippen molar-refractivity contribution >= 4 is 12.0 Å². The number of carbonyl (C=O) groups excluding carboxylic acids is 1. The Balaban J connectivity index is 2.42. The van der Waals surface area contributed by atoms with E-state index in [2.05, 4.69) is 31.4 Å². The molecule has 0 bridgehead atoms. The van der Waals surface area contributed by atoms with Crippen LogP contribution in [0, 0.1) is 11.8 Å². The lowest BCUT2D eigenvalue weighted by Crippen LogP contribution is -2.58. The van der Waals surface area contributed by atoms with Crippen molar-refractivity contribution in [2.45, 2.75) is 64.8 Å². The lowest BCUT2D eigenvalue weighted by molar-refractivity contribution is -0.146. The molecule has 2 amide bonds. The molecule has 1 saturated carbocycles. The zero-order valence-corrected chi connectivity index (χ0v) is 12.9. The Kier molecular flexibility index (Phi) is 6.30. The van der Waals surface area contributed by atoms with Crippen molar-refractivity contribution in [1.82, 2.24) is 10.6 Å². The number of hydrogen-bond donors (Lipinski definition) is 3. The van der Waals surface area contributed by atoms with E-state index in [1.54, 1.807) is 0 Å². The highest BCUT2D eigenvalue weighted by molar-refractivity contribution is 5.86. The van der Waals surface area contributed by atoms with Crippen molar-refractivity contribution in [2.75, 3.05) is 6.54 Å².